The molecule has 0 bridgehead atoms. The fourth-order valence-electron chi connectivity index (χ4n) is 3.17. The number of carbonyl (C=O) groups is 1. The molecule has 0 radical (unpaired) electrons. The van der Waals surface area contributed by atoms with Crippen LogP contribution in [0.4, 0.5) is 0 Å². The fraction of sp³-hybridized carbons (Fsp3) is 0.471. The highest BCUT2D eigenvalue weighted by Crippen LogP contribution is 2.39. The number of hydrogen-bond acceptors (Lipinski definition) is 4. The van der Waals surface area contributed by atoms with Crippen LogP contribution >= 0.6 is 11.8 Å². The topological polar surface area (TPSA) is 51.0 Å². The summed E-state index contributed by atoms with van der Waals surface area (Å²) in [6.45, 7) is 1.50. The van der Waals surface area contributed by atoms with Crippen LogP contribution in [0.15, 0.2) is 35.4 Å². The summed E-state index contributed by atoms with van der Waals surface area (Å²) >= 11 is 1.62. The molecule has 2 aliphatic rings. The van der Waals surface area contributed by atoms with E-state index in [1.807, 2.05) is 40.1 Å². The van der Waals surface area contributed by atoms with Crippen molar-refractivity contribution >= 4 is 17.7 Å². The molecule has 1 aliphatic heterocycles. The van der Waals surface area contributed by atoms with Gasteiger partial charge in [0.1, 0.15) is 0 Å². The second-order valence-electron chi connectivity index (χ2n) is 6.29. The van der Waals surface area contributed by atoms with Gasteiger partial charge in [0.2, 0.25) is 0 Å². The molecule has 23 heavy (non-hydrogen) atoms. The summed E-state index contributed by atoms with van der Waals surface area (Å²) in [7, 11) is 0. The van der Waals surface area contributed by atoms with Crippen molar-refractivity contribution in [3.63, 3.8) is 0 Å². The molecule has 1 saturated carbocycles. The quantitative estimate of drug-likeness (QED) is 0.810. The zero-order valence-electron chi connectivity index (χ0n) is 13.2. The maximum Gasteiger partial charge on any atom is 0.255 e. The van der Waals surface area contributed by atoms with E-state index in [2.05, 4.69) is 16.5 Å². The number of carbonyl (C=O) groups excluding carboxylic acids is 1. The Labute approximate surface area is 140 Å². The van der Waals surface area contributed by atoms with Crippen molar-refractivity contribution in [2.24, 2.45) is 0 Å². The lowest BCUT2D eigenvalue weighted by atomic mass is 10.2. The summed E-state index contributed by atoms with van der Waals surface area (Å²) in [5.74, 6) is 0.747. The normalized spacial score (nSPS) is 20.9. The van der Waals surface area contributed by atoms with Gasteiger partial charge in [0.25, 0.3) is 5.91 Å². The molecule has 4 rings (SSSR count). The maximum absolute atomic E-state index is 12.8. The predicted octanol–water partition coefficient (Wildman–Crippen LogP) is 2.96. The highest BCUT2D eigenvalue weighted by Gasteiger charge is 2.31. The van der Waals surface area contributed by atoms with Gasteiger partial charge in [-0.15, -0.1) is 16.9 Å². The highest BCUT2D eigenvalue weighted by atomic mass is 32.2. The van der Waals surface area contributed by atoms with Crippen LogP contribution < -0.4 is 0 Å². The second-order valence-corrected chi connectivity index (χ2v) is 7.14. The lowest BCUT2D eigenvalue weighted by molar-refractivity contribution is 0.0783. The van der Waals surface area contributed by atoms with Crippen molar-refractivity contribution < 1.29 is 4.79 Å². The molecule has 0 unspecified atom stereocenters. The average Bonchev–Trinajstić information content (AvgIpc) is 3.13. The van der Waals surface area contributed by atoms with Crippen molar-refractivity contribution in [1.82, 2.24) is 19.9 Å². The first-order valence-corrected chi connectivity index (χ1v) is 9.33. The Hall–Kier alpha value is -1.82. The fourth-order valence-corrected chi connectivity index (χ4v) is 3.76. The number of thioether (sulfide) groups is 1. The van der Waals surface area contributed by atoms with Gasteiger partial charge in [0.15, 0.2) is 0 Å². The molecular formula is C17H20N4OS. The van der Waals surface area contributed by atoms with Gasteiger partial charge < -0.3 is 4.90 Å². The van der Waals surface area contributed by atoms with E-state index in [1.165, 1.54) is 12.8 Å². The van der Waals surface area contributed by atoms with Crippen molar-refractivity contribution in [2.45, 2.75) is 36.1 Å². The van der Waals surface area contributed by atoms with Crippen LogP contribution in [0.5, 0.6) is 0 Å². The number of benzene rings is 1. The third kappa shape index (κ3) is 2.87. The lowest BCUT2D eigenvalue weighted by Gasteiger charge is -2.18. The first-order chi connectivity index (χ1) is 11.3. The van der Waals surface area contributed by atoms with Crippen molar-refractivity contribution in [3.8, 4) is 0 Å². The van der Waals surface area contributed by atoms with E-state index in [9.17, 15) is 4.79 Å². The van der Waals surface area contributed by atoms with Crippen LogP contribution in [0.2, 0.25) is 0 Å². The van der Waals surface area contributed by atoms with Crippen molar-refractivity contribution in [1.29, 1.82) is 0 Å². The highest BCUT2D eigenvalue weighted by molar-refractivity contribution is 7.98. The number of rotatable bonds is 4. The van der Waals surface area contributed by atoms with Crippen molar-refractivity contribution in [3.05, 3.63) is 41.7 Å². The third-order valence-corrected chi connectivity index (χ3v) is 5.48. The number of aromatic nitrogens is 3. The Morgan fingerprint density at radius 3 is 2.87 bits per heavy atom. The van der Waals surface area contributed by atoms with Gasteiger partial charge in [-0.25, -0.2) is 4.68 Å². The van der Waals surface area contributed by atoms with Crippen LogP contribution in [-0.4, -0.2) is 45.1 Å². The van der Waals surface area contributed by atoms with Crippen LogP contribution in [-0.2, 0) is 0 Å². The predicted molar refractivity (Wildman–Crippen MR) is 89.8 cm³/mol. The number of amides is 1. The van der Waals surface area contributed by atoms with Gasteiger partial charge in [-0.2, -0.15) is 0 Å². The molecule has 2 fully saturated rings. The van der Waals surface area contributed by atoms with E-state index in [0.29, 0.717) is 5.92 Å². The smallest absolute Gasteiger partial charge is 0.255 e. The second kappa shape index (κ2) is 6.00. The molecule has 0 N–H and O–H groups in total. The van der Waals surface area contributed by atoms with Gasteiger partial charge >= 0.3 is 0 Å². The number of nitrogens with zero attached hydrogens (tertiary/aromatic N) is 4. The summed E-state index contributed by atoms with van der Waals surface area (Å²) < 4.78 is 1.96. The van der Waals surface area contributed by atoms with Crippen LogP contribution in [0, 0.1) is 0 Å². The molecule has 1 aromatic heterocycles. The molecule has 2 aromatic rings. The zero-order valence-corrected chi connectivity index (χ0v) is 14.0. The largest absolute Gasteiger partial charge is 0.336 e. The number of likely N-dealkylation sites (tertiary alicyclic amines) is 1. The SMILES string of the molecule is CSc1ccccc1C(=O)N1CC[C@@H](n2cc(C3CC3)nn2)C1. The minimum absolute atomic E-state index is 0.125. The first kappa shape index (κ1) is 14.8. The lowest BCUT2D eigenvalue weighted by Crippen LogP contribution is -2.29. The first-order valence-electron chi connectivity index (χ1n) is 8.10. The van der Waals surface area contributed by atoms with Crippen LogP contribution in [0.25, 0.3) is 0 Å². The molecule has 1 saturated heterocycles. The van der Waals surface area contributed by atoms with Gasteiger partial charge in [-0.05, 0) is 37.7 Å². The molecule has 1 amide bonds. The monoisotopic (exact) mass is 328 g/mol. The van der Waals surface area contributed by atoms with Crippen LogP contribution in [0.1, 0.15) is 47.3 Å². The molecule has 5 nitrogen and oxygen atoms in total. The Morgan fingerprint density at radius 2 is 2.09 bits per heavy atom. The molecule has 6 heteroatoms. The van der Waals surface area contributed by atoms with E-state index >= 15 is 0 Å². The minimum Gasteiger partial charge on any atom is -0.336 e. The van der Waals surface area contributed by atoms with Crippen molar-refractivity contribution in [2.75, 3.05) is 19.3 Å². The molecule has 120 valence electrons. The number of hydrogen-bond donors (Lipinski definition) is 0. The molecule has 2 heterocycles. The summed E-state index contributed by atoms with van der Waals surface area (Å²) in [5, 5.41) is 8.57. The molecule has 0 spiro atoms. The molecule has 1 atom stereocenters. The van der Waals surface area contributed by atoms with E-state index in [-0.39, 0.29) is 11.9 Å². The molecule has 1 aliphatic carbocycles. The Morgan fingerprint density at radius 1 is 1.26 bits per heavy atom. The van der Waals surface area contributed by atoms with Gasteiger partial charge in [0, 0.05) is 30.1 Å². The summed E-state index contributed by atoms with van der Waals surface area (Å²) in [5.41, 5.74) is 1.92. The van der Waals surface area contributed by atoms with Gasteiger partial charge in [-0.3, -0.25) is 4.79 Å². The summed E-state index contributed by atoms with van der Waals surface area (Å²) in [4.78, 5) is 15.8. The van der Waals surface area contributed by atoms with E-state index in [1.54, 1.807) is 11.8 Å². The molecule has 1 aromatic carbocycles. The standard InChI is InChI=1S/C17H20N4OS/c1-23-16-5-3-2-4-14(16)17(22)20-9-8-13(10-20)21-11-15(18-19-21)12-6-7-12/h2-5,11-13H,6-10H2,1H3/t13-/m1/s1. The maximum atomic E-state index is 12.8. The summed E-state index contributed by atoms with van der Waals surface area (Å²) in [6, 6.07) is 8.08. The Bertz CT molecular complexity index is 725. The Kier molecular flexibility index (Phi) is 3.85. The minimum atomic E-state index is 0.125. The molecular weight excluding hydrogens is 308 g/mol. The average molecular weight is 328 g/mol. The van der Waals surface area contributed by atoms with E-state index in [4.69, 9.17) is 0 Å². The van der Waals surface area contributed by atoms with Gasteiger partial charge in [0.05, 0.1) is 17.3 Å². The van der Waals surface area contributed by atoms with E-state index in [0.717, 1.165) is 35.7 Å². The Balaban J connectivity index is 1.47. The van der Waals surface area contributed by atoms with Gasteiger partial charge in [-0.1, -0.05) is 17.3 Å². The summed E-state index contributed by atoms with van der Waals surface area (Å²) in [6.07, 6.45) is 7.50. The van der Waals surface area contributed by atoms with Crippen LogP contribution in [0.3, 0.4) is 0 Å². The zero-order chi connectivity index (χ0) is 15.8. The van der Waals surface area contributed by atoms with E-state index < -0.39 is 0 Å². The third-order valence-electron chi connectivity index (χ3n) is 4.69.